The molecule has 0 aromatic carbocycles. The molecule has 0 saturated heterocycles. The topological polar surface area (TPSA) is 49.8 Å². The third-order valence-electron chi connectivity index (χ3n) is 2.51. The maximum Gasteiger partial charge on any atom is 0.224 e. The lowest BCUT2D eigenvalue weighted by Gasteiger charge is -2.08. The summed E-state index contributed by atoms with van der Waals surface area (Å²) in [5, 5.41) is 6.24. The van der Waals surface area contributed by atoms with Crippen molar-refractivity contribution in [3.63, 3.8) is 0 Å². The van der Waals surface area contributed by atoms with Gasteiger partial charge in [-0.2, -0.15) is 4.98 Å². The Morgan fingerprint density at radius 3 is 3.00 bits per heavy atom. The Morgan fingerprint density at radius 1 is 1.53 bits per heavy atom. The molecule has 5 heteroatoms. The molecule has 1 aliphatic rings. The van der Waals surface area contributed by atoms with Crippen LogP contribution in [0.15, 0.2) is 10.7 Å². The van der Waals surface area contributed by atoms with Gasteiger partial charge < -0.3 is 10.6 Å². The highest BCUT2D eigenvalue weighted by Gasteiger charge is 2.20. The average molecular weight is 271 g/mol. The molecule has 15 heavy (non-hydrogen) atoms. The third kappa shape index (κ3) is 3.06. The molecule has 0 radical (unpaired) electrons. The highest BCUT2D eigenvalue weighted by Crippen LogP contribution is 2.32. The smallest absolute Gasteiger partial charge is 0.224 e. The van der Waals surface area contributed by atoms with Crippen molar-refractivity contribution in [3.05, 3.63) is 10.7 Å². The molecule has 2 N–H and O–H groups in total. The highest BCUT2D eigenvalue weighted by atomic mass is 79.9. The van der Waals surface area contributed by atoms with Crippen LogP contribution in [0, 0.1) is 5.92 Å². The van der Waals surface area contributed by atoms with Crippen LogP contribution in [0.2, 0.25) is 0 Å². The van der Waals surface area contributed by atoms with Crippen LogP contribution in [0.5, 0.6) is 0 Å². The van der Waals surface area contributed by atoms with Crippen LogP contribution in [-0.2, 0) is 0 Å². The van der Waals surface area contributed by atoms with Crippen molar-refractivity contribution >= 4 is 27.7 Å². The predicted molar refractivity (Wildman–Crippen MR) is 65.1 cm³/mol. The van der Waals surface area contributed by atoms with Gasteiger partial charge in [-0.1, -0.05) is 12.8 Å². The van der Waals surface area contributed by atoms with E-state index in [1.165, 1.54) is 19.3 Å². The Bertz CT molecular complexity index is 338. The molecule has 0 aliphatic heterocycles. The number of nitrogens with one attached hydrogen (secondary N) is 2. The third-order valence-corrected chi connectivity index (χ3v) is 3.09. The Morgan fingerprint density at radius 2 is 2.33 bits per heavy atom. The fraction of sp³-hybridized carbons (Fsp3) is 0.600. The van der Waals surface area contributed by atoms with Crippen LogP contribution in [0.1, 0.15) is 19.3 Å². The summed E-state index contributed by atoms with van der Waals surface area (Å²) in [6.07, 6.45) is 5.80. The predicted octanol–water partition coefficient (Wildman–Crippen LogP) is 2.49. The van der Waals surface area contributed by atoms with E-state index in [9.17, 15) is 0 Å². The molecule has 1 aliphatic carbocycles. The molecule has 1 aromatic heterocycles. The zero-order chi connectivity index (χ0) is 10.7. The molecule has 4 nitrogen and oxygen atoms in total. The normalized spacial score (nSPS) is 15.1. The van der Waals surface area contributed by atoms with E-state index < -0.39 is 0 Å². The second-order valence-electron chi connectivity index (χ2n) is 3.80. The fourth-order valence-electron chi connectivity index (χ4n) is 1.41. The quantitative estimate of drug-likeness (QED) is 0.863. The fourth-order valence-corrected chi connectivity index (χ4v) is 1.74. The number of rotatable bonds is 5. The molecule has 1 saturated carbocycles. The molecule has 1 heterocycles. The molecule has 1 fully saturated rings. The summed E-state index contributed by atoms with van der Waals surface area (Å²) in [5.74, 6) is 2.46. The van der Waals surface area contributed by atoms with E-state index in [4.69, 9.17) is 0 Å². The number of aromatic nitrogens is 2. The lowest BCUT2D eigenvalue weighted by molar-refractivity contribution is 0.758. The zero-order valence-electron chi connectivity index (χ0n) is 8.76. The Labute approximate surface area is 98.0 Å². The van der Waals surface area contributed by atoms with Gasteiger partial charge in [0.2, 0.25) is 5.95 Å². The monoisotopic (exact) mass is 270 g/mol. The summed E-state index contributed by atoms with van der Waals surface area (Å²) < 4.78 is 0.914. The Balaban J connectivity index is 1.92. The molecular formula is C10H15BrN4. The number of halogens is 1. The molecule has 0 spiro atoms. The van der Waals surface area contributed by atoms with E-state index in [1.54, 1.807) is 6.20 Å². The molecule has 0 unspecified atom stereocenters. The van der Waals surface area contributed by atoms with E-state index in [2.05, 4.69) is 36.5 Å². The first kappa shape index (κ1) is 10.7. The second-order valence-corrected chi connectivity index (χ2v) is 4.65. The summed E-state index contributed by atoms with van der Waals surface area (Å²) in [5.41, 5.74) is 0. The summed E-state index contributed by atoms with van der Waals surface area (Å²) in [6, 6.07) is 0. The minimum Gasteiger partial charge on any atom is -0.369 e. The molecule has 82 valence electrons. The van der Waals surface area contributed by atoms with E-state index in [1.807, 2.05) is 7.05 Å². The summed E-state index contributed by atoms with van der Waals surface area (Å²) >= 11 is 3.43. The van der Waals surface area contributed by atoms with Gasteiger partial charge >= 0.3 is 0 Å². The number of anilines is 2. The largest absolute Gasteiger partial charge is 0.369 e. The molecule has 0 atom stereocenters. The van der Waals surface area contributed by atoms with Gasteiger partial charge in [0.25, 0.3) is 0 Å². The van der Waals surface area contributed by atoms with Crippen molar-refractivity contribution in [2.45, 2.75) is 19.3 Å². The van der Waals surface area contributed by atoms with Gasteiger partial charge in [-0.25, -0.2) is 4.98 Å². The van der Waals surface area contributed by atoms with E-state index >= 15 is 0 Å². The van der Waals surface area contributed by atoms with Crippen LogP contribution in [0.25, 0.3) is 0 Å². The minimum absolute atomic E-state index is 0.645. The standard InChI is InChI=1S/C10H15BrN4/c1-12-10-14-6-8(11)9(15-10)13-5-4-7-2-3-7/h6-7H,2-5H2,1H3,(H2,12,13,14,15). The first-order chi connectivity index (χ1) is 7.29. The van der Waals surface area contributed by atoms with Crippen LogP contribution in [0.4, 0.5) is 11.8 Å². The molecule has 0 bridgehead atoms. The molecule has 2 rings (SSSR count). The van der Waals surface area contributed by atoms with Crippen molar-refractivity contribution in [3.8, 4) is 0 Å². The lowest BCUT2D eigenvalue weighted by Crippen LogP contribution is -2.07. The van der Waals surface area contributed by atoms with Crippen molar-refractivity contribution in [1.29, 1.82) is 0 Å². The van der Waals surface area contributed by atoms with E-state index in [0.717, 1.165) is 22.8 Å². The van der Waals surface area contributed by atoms with E-state index in [-0.39, 0.29) is 0 Å². The molecule has 1 aromatic rings. The van der Waals surface area contributed by atoms with Gasteiger partial charge in [0.1, 0.15) is 5.82 Å². The minimum atomic E-state index is 0.645. The van der Waals surface area contributed by atoms with Gasteiger partial charge in [0.05, 0.1) is 4.47 Å². The van der Waals surface area contributed by atoms with Gasteiger partial charge in [-0.3, -0.25) is 0 Å². The van der Waals surface area contributed by atoms with Gasteiger partial charge in [-0.05, 0) is 28.3 Å². The van der Waals surface area contributed by atoms with Crippen LogP contribution >= 0.6 is 15.9 Å². The average Bonchev–Trinajstić information content (AvgIpc) is 3.05. The summed E-state index contributed by atoms with van der Waals surface area (Å²) in [7, 11) is 1.82. The van der Waals surface area contributed by atoms with E-state index in [0.29, 0.717) is 5.95 Å². The highest BCUT2D eigenvalue weighted by molar-refractivity contribution is 9.10. The Kier molecular flexibility index (Phi) is 3.41. The SMILES string of the molecule is CNc1ncc(Br)c(NCCC2CC2)n1. The van der Waals surface area contributed by atoms with Crippen molar-refractivity contribution < 1.29 is 0 Å². The maximum absolute atomic E-state index is 4.33. The van der Waals surface area contributed by atoms with Crippen LogP contribution in [0.3, 0.4) is 0 Å². The maximum atomic E-state index is 4.33. The zero-order valence-corrected chi connectivity index (χ0v) is 10.3. The van der Waals surface area contributed by atoms with Gasteiger partial charge in [-0.15, -0.1) is 0 Å². The number of hydrogen-bond donors (Lipinski definition) is 2. The summed E-state index contributed by atoms with van der Waals surface area (Å²) in [4.78, 5) is 8.43. The van der Waals surface area contributed by atoms with Crippen molar-refractivity contribution in [1.82, 2.24) is 9.97 Å². The van der Waals surface area contributed by atoms with Crippen LogP contribution in [-0.4, -0.2) is 23.6 Å². The first-order valence-electron chi connectivity index (χ1n) is 5.23. The van der Waals surface area contributed by atoms with Crippen molar-refractivity contribution in [2.75, 3.05) is 24.2 Å². The summed E-state index contributed by atoms with van der Waals surface area (Å²) in [6.45, 7) is 0.990. The Hall–Kier alpha value is -0.840. The second kappa shape index (κ2) is 4.79. The van der Waals surface area contributed by atoms with Crippen molar-refractivity contribution in [2.24, 2.45) is 5.92 Å². The number of hydrogen-bond acceptors (Lipinski definition) is 4. The van der Waals surface area contributed by atoms with Crippen LogP contribution < -0.4 is 10.6 Å². The lowest BCUT2D eigenvalue weighted by atomic mass is 10.3. The van der Waals surface area contributed by atoms with Gasteiger partial charge in [0.15, 0.2) is 0 Å². The molecular weight excluding hydrogens is 256 g/mol. The first-order valence-corrected chi connectivity index (χ1v) is 6.03. The molecule has 0 amide bonds. The van der Waals surface area contributed by atoms with Gasteiger partial charge in [0, 0.05) is 19.8 Å². The number of nitrogens with zero attached hydrogens (tertiary/aromatic N) is 2.